The molecule has 1 amide bonds. The quantitative estimate of drug-likeness (QED) is 0.301. The van der Waals surface area contributed by atoms with E-state index in [4.69, 9.17) is 11.6 Å². The van der Waals surface area contributed by atoms with Crippen molar-refractivity contribution in [2.75, 3.05) is 28.0 Å². The number of benzene rings is 3. The number of nitrogens with zero attached hydrogens (tertiary/aromatic N) is 3. The standard InChI is InChI=1S/C28H23ClFN5O/c29-15-25(36)35-17-28(12-13-28)22-11-10-21(14-24(22)35)32-26-23(30)16-31-27(34-26)33-20-8-6-19(7-9-20)18-4-2-1-3-5-18/h1-11,14,16H,12-13,15,17H2,(H2,31,32,33,34). The molecular weight excluding hydrogens is 477 g/mol. The molecule has 180 valence electrons. The van der Waals surface area contributed by atoms with Gasteiger partial charge in [0.15, 0.2) is 11.6 Å². The van der Waals surface area contributed by atoms with Crippen molar-refractivity contribution in [3.8, 4) is 11.1 Å². The van der Waals surface area contributed by atoms with E-state index in [0.29, 0.717) is 12.2 Å². The molecule has 2 heterocycles. The highest BCUT2D eigenvalue weighted by molar-refractivity contribution is 6.29. The van der Waals surface area contributed by atoms with Crippen LogP contribution in [0.4, 0.5) is 33.2 Å². The molecule has 2 aliphatic rings. The number of amides is 1. The fraction of sp³-hybridized carbons (Fsp3) is 0.179. The number of anilines is 5. The Morgan fingerprint density at radius 2 is 1.69 bits per heavy atom. The minimum atomic E-state index is -0.576. The van der Waals surface area contributed by atoms with Gasteiger partial charge in [-0.1, -0.05) is 48.5 Å². The molecule has 1 aliphatic carbocycles. The largest absolute Gasteiger partial charge is 0.338 e. The third-order valence-electron chi connectivity index (χ3n) is 6.84. The molecule has 1 aliphatic heterocycles. The van der Waals surface area contributed by atoms with Crippen molar-refractivity contribution in [1.82, 2.24) is 9.97 Å². The molecular formula is C28H23ClFN5O. The second-order valence-electron chi connectivity index (χ2n) is 9.21. The van der Waals surface area contributed by atoms with Crippen LogP contribution in [0, 0.1) is 5.82 Å². The number of fused-ring (bicyclic) bond motifs is 2. The second kappa shape index (κ2) is 8.91. The maximum absolute atomic E-state index is 14.6. The number of carbonyl (C=O) groups excluding carboxylic acids is 1. The van der Waals surface area contributed by atoms with Gasteiger partial charge in [0.1, 0.15) is 5.88 Å². The van der Waals surface area contributed by atoms with E-state index in [0.717, 1.165) is 47.1 Å². The van der Waals surface area contributed by atoms with Gasteiger partial charge < -0.3 is 15.5 Å². The van der Waals surface area contributed by atoms with Crippen molar-refractivity contribution in [1.29, 1.82) is 0 Å². The summed E-state index contributed by atoms with van der Waals surface area (Å²) in [6.45, 7) is 0.649. The van der Waals surface area contributed by atoms with Gasteiger partial charge in [-0.3, -0.25) is 4.79 Å². The number of aromatic nitrogens is 2. The Hall–Kier alpha value is -3.97. The first-order valence-electron chi connectivity index (χ1n) is 11.8. The maximum Gasteiger partial charge on any atom is 0.241 e. The van der Waals surface area contributed by atoms with Crippen molar-refractivity contribution in [3.05, 3.63) is 90.4 Å². The molecule has 1 fully saturated rings. The molecule has 0 atom stereocenters. The zero-order valence-electron chi connectivity index (χ0n) is 19.3. The van der Waals surface area contributed by atoms with Gasteiger partial charge in [-0.2, -0.15) is 4.98 Å². The Kier molecular flexibility index (Phi) is 5.57. The number of alkyl halides is 1. The number of halogens is 2. The van der Waals surface area contributed by atoms with Gasteiger partial charge in [0.2, 0.25) is 11.9 Å². The van der Waals surface area contributed by atoms with Crippen molar-refractivity contribution in [2.24, 2.45) is 0 Å². The molecule has 0 radical (unpaired) electrons. The fourth-order valence-electron chi connectivity index (χ4n) is 4.78. The Bertz CT molecular complexity index is 1440. The van der Waals surface area contributed by atoms with Crippen molar-refractivity contribution in [3.63, 3.8) is 0 Å². The number of hydrogen-bond donors (Lipinski definition) is 2. The second-order valence-corrected chi connectivity index (χ2v) is 9.48. The molecule has 4 aromatic rings. The molecule has 6 nitrogen and oxygen atoms in total. The number of carbonyl (C=O) groups is 1. The number of nitrogens with one attached hydrogen (secondary N) is 2. The number of rotatable bonds is 6. The minimum absolute atomic E-state index is 0.0442. The lowest BCUT2D eigenvalue weighted by molar-refractivity contribution is -0.116. The molecule has 0 saturated heterocycles. The van der Waals surface area contributed by atoms with Crippen LogP contribution in [0.3, 0.4) is 0 Å². The summed E-state index contributed by atoms with van der Waals surface area (Å²) in [6.07, 6.45) is 3.24. The highest BCUT2D eigenvalue weighted by Crippen LogP contribution is 2.57. The van der Waals surface area contributed by atoms with Gasteiger partial charge in [0, 0.05) is 29.0 Å². The smallest absolute Gasteiger partial charge is 0.241 e. The first-order valence-corrected chi connectivity index (χ1v) is 12.3. The molecule has 1 aromatic heterocycles. The van der Waals surface area contributed by atoms with Crippen LogP contribution in [0.5, 0.6) is 0 Å². The van der Waals surface area contributed by atoms with Gasteiger partial charge in [0.25, 0.3) is 0 Å². The van der Waals surface area contributed by atoms with Crippen molar-refractivity contribution < 1.29 is 9.18 Å². The normalized spacial score (nSPS) is 15.0. The Morgan fingerprint density at radius 1 is 0.972 bits per heavy atom. The summed E-state index contributed by atoms with van der Waals surface area (Å²) in [6, 6.07) is 23.7. The van der Waals surface area contributed by atoms with Crippen LogP contribution < -0.4 is 15.5 Å². The van der Waals surface area contributed by atoms with E-state index in [9.17, 15) is 9.18 Å². The minimum Gasteiger partial charge on any atom is -0.338 e. The molecule has 2 N–H and O–H groups in total. The van der Waals surface area contributed by atoms with Gasteiger partial charge in [0.05, 0.1) is 6.20 Å². The van der Waals surface area contributed by atoms with E-state index in [2.05, 4.69) is 32.7 Å². The Morgan fingerprint density at radius 3 is 2.42 bits per heavy atom. The molecule has 1 spiro atoms. The third-order valence-corrected chi connectivity index (χ3v) is 7.07. The molecule has 36 heavy (non-hydrogen) atoms. The van der Waals surface area contributed by atoms with Crippen LogP contribution in [0.2, 0.25) is 0 Å². The van der Waals surface area contributed by atoms with Crippen LogP contribution in [0.25, 0.3) is 11.1 Å². The van der Waals surface area contributed by atoms with E-state index in [-0.39, 0.29) is 29.0 Å². The average Bonchev–Trinajstić information content (AvgIpc) is 3.63. The third kappa shape index (κ3) is 4.16. The zero-order valence-corrected chi connectivity index (χ0v) is 20.1. The summed E-state index contributed by atoms with van der Waals surface area (Å²) < 4.78 is 14.6. The van der Waals surface area contributed by atoms with Crippen molar-refractivity contribution in [2.45, 2.75) is 18.3 Å². The van der Waals surface area contributed by atoms with Crippen LogP contribution >= 0.6 is 11.6 Å². The molecule has 8 heteroatoms. The van der Waals surface area contributed by atoms with Gasteiger partial charge >= 0.3 is 0 Å². The SMILES string of the molecule is O=C(CCl)N1CC2(CC2)c2ccc(Nc3nc(Nc4ccc(-c5ccccc5)cc4)ncc3F)cc21. The van der Waals surface area contributed by atoms with Gasteiger partial charge in [-0.25, -0.2) is 9.37 Å². The molecule has 0 unspecified atom stereocenters. The Balaban J connectivity index is 1.22. The highest BCUT2D eigenvalue weighted by atomic mass is 35.5. The summed E-state index contributed by atoms with van der Waals surface area (Å²) in [5.41, 5.74) is 5.66. The first-order chi connectivity index (χ1) is 17.5. The summed E-state index contributed by atoms with van der Waals surface area (Å²) in [5.74, 6) is -0.467. The van der Waals surface area contributed by atoms with E-state index >= 15 is 0 Å². The monoisotopic (exact) mass is 499 g/mol. The maximum atomic E-state index is 14.6. The fourth-order valence-corrected chi connectivity index (χ4v) is 4.93. The van der Waals surface area contributed by atoms with Crippen LogP contribution in [0.1, 0.15) is 18.4 Å². The van der Waals surface area contributed by atoms with E-state index in [1.165, 1.54) is 0 Å². The van der Waals surface area contributed by atoms with Crippen molar-refractivity contribution >= 4 is 46.3 Å². The summed E-state index contributed by atoms with van der Waals surface area (Å²) >= 11 is 5.85. The average molecular weight is 500 g/mol. The van der Waals surface area contributed by atoms with Crippen LogP contribution in [0.15, 0.2) is 79.0 Å². The van der Waals surface area contributed by atoms with E-state index < -0.39 is 5.82 Å². The predicted octanol–water partition coefficient (Wildman–Crippen LogP) is 6.39. The molecule has 3 aromatic carbocycles. The van der Waals surface area contributed by atoms with Gasteiger partial charge in [-0.05, 0) is 53.8 Å². The lowest BCUT2D eigenvalue weighted by Gasteiger charge is -2.17. The molecule has 6 rings (SSSR count). The van der Waals surface area contributed by atoms with Crippen LogP contribution in [-0.2, 0) is 10.2 Å². The zero-order chi connectivity index (χ0) is 24.7. The Labute approximate surface area is 213 Å². The van der Waals surface area contributed by atoms with Crippen LogP contribution in [-0.4, -0.2) is 28.3 Å². The van der Waals surface area contributed by atoms with E-state index in [1.54, 1.807) is 4.90 Å². The molecule has 1 saturated carbocycles. The van der Waals surface area contributed by atoms with Gasteiger partial charge in [-0.15, -0.1) is 11.6 Å². The van der Waals surface area contributed by atoms with E-state index in [1.807, 2.05) is 60.7 Å². The summed E-state index contributed by atoms with van der Waals surface area (Å²) in [4.78, 5) is 22.6. The predicted molar refractivity (Wildman–Crippen MR) is 141 cm³/mol. The highest BCUT2D eigenvalue weighted by Gasteiger charge is 2.52. The summed E-state index contributed by atoms with van der Waals surface area (Å²) in [5, 5.41) is 6.18. The lowest BCUT2D eigenvalue weighted by Crippen LogP contribution is -2.32. The molecule has 0 bridgehead atoms. The topological polar surface area (TPSA) is 70.2 Å². The number of hydrogen-bond acceptors (Lipinski definition) is 5. The summed E-state index contributed by atoms with van der Waals surface area (Å²) in [7, 11) is 0. The lowest BCUT2D eigenvalue weighted by atomic mass is 9.98. The first kappa shape index (κ1) is 22.5.